The Bertz CT molecular complexity index is 1090. The maximum absolute atomic E-state index is 13.2. The van der Waals surface area contributed by atoms with Crippen LogP contribution in [0.2, 0.25) is 0 Å². The highest BCUT2D eigenvalue weighted by molar-refractivity contribution is 5.71. The van der Waals surface area contributed by atoms with E-state index in [9.17, 15) is 13.6 Å². The highest BCUT2D eigenvalue weighted by Gasteiger charge is 2.36. The topological polar surface area (TPSA) is 64.1 Å². The van der Waals surface area contributed by atoms with Crippen molar-refractivity contribution < 1.29 is 18.3 Å². The number of rotatable bonds is 2. The van der Waals surface area contributed by atoms with Crippen LogP contribution in [-0.2, 0) is 4.74 Å². The second-order valence-corrected chi connectivity index (χ2v) is 6.10. The molecule has 3 aromatic rings. The van der Waals surface area contributed by atoms with E-state index in [4.69, 9.17) is 4.74 Å². The molecule has 1 amide bonds. The van der Waals surface area contributed by atoms with Gasteiger partial charge in [-0.25, -0.2) is 14.2 Å². The Morgan fingerprint density at radius 2 is 1.82 bits per heavy atom. The largest absolute Gasteiger partial charge is 0.439 e. The molecule has 0 aliphatic carbocycles. The maximum atomic E-state index is 13.2. The van der Waals surface area contributed by atoms with Crippen LogP contribution < -0.4 is 5.32 Å². The summed E-state index contributed by atoms with van der Waals surface area (Å²) in [5, 5.41) is 2.74. The van der Waals surface area contributed by atoms with E-state index in [1.165, 1.54) is 24.3 Å². The van der Waals surface area contributed by atoms with Gasteiger partial charge in [0.15, 0.2) is 6.10 Å². The summed E-state index contributed by atoms with van der Waals surface area (Å²) < 4.78 is 31.7. The molecule has 138 valence electrons. The van der Waals surface area contributed by atoms with Crippen molar-refractivity contribution in [1.82, 2.24) is 15.3 Å². The standard InChI is InChI=1S/C21H13F2N3O2/c22-16-7-5-14(6-8-16)20-19(26-21(27)28-20)15-10-13(11-24-12-15)4-9-17-2-1-3-18(23)25-17/h1-3,5-8,10-12,19-20H,(H,26,27)/t19-,20-/m1/s1. The molecule has 2 atom stereocenters. The number of cyclic esters (lactones) is 1. The van der Waals surface area contributed by atoms with Crippen molar-refractivity contribution in [1.29, 1.82) is 0 Å². The smallest absolute Gasteiger partial charge is 0.408 e. The summed E-state index contributed by atoms with van der Waals surface area (Å²) in [5.41, 5.74) is 2.21. The number of hydrogen-bond donors (Lipinski definition) is 1. The van der Waals surface area contributed by atoms with Crippen molar-refractivity contribution in [2.24, 2.45) is 0 Å². The lowest BCUT2D eigenvalue weighted by Gasteiger charge is -2.17. The van der Waals surface area contributed by atoms with Gasteiger partial charge in [-0.3, -0.25) is 4.98 Å². The summed E-state index contributed by atoms with van der Waals surface area (Å²) in [4.78, 5) is 19.7. The molecule has 1 aromatic carbocycles. The van der Waals surface area contributed by atoms with Gasteiger partial charge in [0.25, 0.3) is 0 Å². The number of amides is 1. The molecule has 1 N–H and O–H groups in total. The zero-order valence-electron chi connectivity index (χ0n) is 14.4. The van der Waals surface area contributed by atoms with Crippen molar-refractivity contribution in [2.45, 2.75) is 12.1 Å². The van der Waals surface area contributed by atoms with Gasteiger partial charge in [-0.2, -0.15) is 4.39 Å². The summed E-state index contributed by atoms with van der Waals surface area (Å²) in [6, 6.07) is 11.4. The first-order valence-corrected chi connectivity index (χ1v) is 8.40. The predicted octanol–water partition coefficient (Wildman–Crippen LogP) is 3.68. The zero-order chi connectivity index (χ0) is 19.5. The number of benzene rings is 1. The molecule has 1 aliphatic rings. The molecule has 3 heterocycles. The molecule has 4 rings (SSSR count). The fourth-order valence-corrected chi connectivity index (χ4v) is 2.90. The predicted molar refractivity (Wildman–Crippen MR) is 95.9 cm³/mol. The maximum Gasteiger partial charge on any atom is 0.408 e. The molecule has 5 nitrogen and oxygen atoms in total. The first-order valence-electron chi connectivity index (χ1n) is 8.40. The van der Waals surface area contributed by atoms with Crippen molar-refractivity contribution >= 4 is 6.09 Å². The van der Waals surface area contributed by atoms with Crippen LogP contribution in [0.15, 0.2) is 60.9 Å². The van der Waals surface area contributed by atoms with E-state index >= 15 is 0 Å². The molecule has 0 spiro atoms. The minimum absolute atomic E-state index is 0.298. The van der Waals surface area contributed by atoms with Gasteiger partial charge in [-0.1, -0.05) is 24.1 Å². The molecular weight excluding hydrogens is 364 g/mol. The summed E-state index contributed by atoms with van der Waals surface area (Å²) >= 11 is 0. The van der Waals surface area contributed by atoms with E-state index < -0.39 is 24.2 Å². The van der Waals surface area contributed by atoms with Crippen LogP contribution in [-0.4, -0.2) is 16.1 Å². The molecule has 0 saturated carbocycles. The third-order valence-electron chi connectivity index (χ3n) is 4.18. The Kier molecular flexibility index (Phi) is 4.68. The Morgan fingerprint density at radius 1 is 1.00 bits per heavy atom. The third kappa shape index (κ3) is 3.81. The average Bonchev–Trinajstić information content (AvgIpc) is 3.09. The van der Waals surface area contributed by atoms with Crippen LogP contribution in [0.4, 0.5) is 13.6 Å². The number of nitrogens with zero attached hydrogens (tertiary/aromatic N) is 2. The molecule has 1 fully saturated rings. The number of carbonyl (C=O) groups is 1. The average molecular weight is 377 g/mol. The molecule has 2 aromatic heterocycles. The van der Waals surface area contributed by atoms with Gasteiger partial charge in [-0.05, 0) is 47.4 Å². The van der Waals surface area contributed by atoms with Crippen LogP contribution in [0.1, 0.15) is 34.5 Å². The van der Waals surface area contributed by atoms with E-state index in [1.54, 1.807) is 36.7 Å². The van der Waals surface area contributed by atoms with Crippen LogP contribution in [0.25, 0.3) is 0 Å². The minimum atomic E-state index is -0.622. The van der Waals surface area contributed by atoms with Gasteiger partial charge in [-0.15, -0.1) is 0 Å². The van der Waals surface area contributed by atoms with Gasteiger partial charge in [0.2, 0.25) is 5.95 Å². The second-order valence-electron chi connectivity index (χ2n) is 6.10. The van der Waals surface area contributed by atoms with Crippen LogP contribution in [0.3, 0.4) is 0 Å². The van der Waals surface area contributed by atoms with Crippen LogP contribution in [0.5, 0.6) is 0 Å². The normalized spacial score (nSPS) is 18.0. The number of halogens is 2. The minimum Gasteiger partial charge on any atom is -0.439 e. The van der Waals surface area contributed by atoms with Crippen LogP contribution in [0, 0.1) is 23.6 Å². The molecule has 0 radical (unpaired) electrons. The zero-order valence-corrected chi connectivity index (χ0v) is 14.4. The van der Waals surface area contributed by atoms with Crippen LogP contribution >= 0.6 is 0 Å². The molecule has 1 aliphatic heterocycles. The van der Waals surface area contributed by atoms with E-state index in [0.717, 1.165) is 0 Å². The summed E-state index contributed by atoms with van der Waals surface area (Å²) in [7, 11) is 0. The molecule has 7 heteroatoms. The van der Waals surface area contributed by atoms with Crippen molar-refractivity contribution in [3.8, 4) is 11.8 Å². The lowest BCUT2D eigenvalue weighted by atomic mass is 9.97. The molecule has 0 bridgehead atoms. The van der Waals surface area contributed by atoms with E-state index in [0.29, 0.717) is 22.4 Å². The van der Waals surface area contributed by atoms with Crippen molar-refractivity contribution in [2.75, 3.05) is 0 Å². The summed E-state index contributed by atoms with van der Waals surface area (Å²) in [6.45, 7) is 0. The fourth-order valence-electron chi connectivity index (χ4n) is 2.90. The molecule has 1 saturated heterocycles. The highest BCUT2D eigenvalue weighted by Crippen LogP contribution is 2.36. The van der Waals surface area contributed by atoms with Gasteiger partial charge in [0.1, 0.15) is 17.6 Å². The van der Waals surface area contributed by atoms with E-state index in [2.05, 4.69) is 27.1 Å². The van der Waals surface area contributed by atoms with E-state index in [1.807, 2.05) is 0 Å². The SMILES string of the molecule is O=C1N[C@H](c2cncc(C#Cc3cccc(F)n3)c2)[C@@H](c2ccc(F)cc2)O1. The number of aromatic nitrogens is 2. The van der Waals surface area contributed by atoms with Gasteiger partial charge >= 0.3 is 6.09 Å². The van der Waals surface area contributed by atoms with Gasteiger partial charge < -0.3 is 10.1 Å². The number of alkyl carbamates (subject to hydrolysis) is 1. The summed E-state index contributed by atoms with van der Waals surface area (Å²) in [6.07, 6.45) is 1.96. The summed E-state index contributed by atoms with van der Waals surface area (Å²) in [5.74, 6) is 4.68. The monoisotopic (exact) mass is 377 g/mol. The van der Waals surface area contributed by atoms with Crippen molar-refractivity contribution in [3.63, 3.8) is 0 Å². The van der Waals surface area contributed by atoms with Crippen molar-refractivity contribution in [3.05, 3.63) is 95.1 Å². The Morgan fingerprint density at radius 3 is 2.61 bits per heavy atom. The Hall–Kier alpha value is -3.79. The number of nitrogens with one attached hydrogen (secondary N) is 1. The first kappa shape index (κ1) is 17.6. The number of pyridine rings is 2. The van der Waals surface area contributed by atoms with E-state index in [-0.39, 0.29) is 5.82 Å². The fraction of sp³-hybridized carbons (Fsp3) is 0.0952. The van der Waals surface area contributed by atoms with Gasteiger partial charge in [0.05, 0.1) is 0 Å². The lowest BCUT2D eigenvalue weighted by molar-refractivity contribution is 0.132. The number of ether oxygens (including phenoxy) is 1. The molecule has 0 unspecified atom stereocenters. The first-order chi connectivity index (χ1) is 13.6. The Balaban J connectivity index is 1.63. The quantitative estimate of drug-likeness (QED) is 0.547. The lowest BCUT2D eigenvalue weighted by Crippen LogP contribution is -2.19. The number of hydrogen-bond acceptors (Lipinski definition) is 4. The highest BCUT2D eigenvalue weighted by atomic mass is 19.1. The molecule has 28 heavy (non-hydrogen) atoms. The third-order valence-corrected chi connectivity index (χ3v) is 4.18. The second kappa shape index (κ2) is 7.45. The molecular formula is C21H13F2N3O2. The van der Waals surface area contributed by atoms with Gasteiger partial charge in [0, 0.05) is 18.0 Å². The number of carbonyl (C=O) groups excluding carboxylic acids is 1. The Labute approximate surface area is 159 Å².